The normalized spacial score (nSPS) is 14.5. The van der Waals surface area contributed by atoms with Crippen LogP contribution in [0.5, 0.6) is 0 Å². The van der Waals surface area contributed by atoms with E-state index in [2.05, 4.69) is 11.0 Å². The average molecular weight is 417 g/mol. The first-order valence-corrected chi connectivity index (χ1v) is 10.1. The van der Waals surface area contributed by atoms with Gasteiger partial charge in [-0.05, 0) is 53.6 Å². The first-order chi connectivity index (χ1) is 15.0. The molecule has 1 aliphatic rings. The van der Waals surface area contributed by atoms with Gasteiger partial charge in [0.05, 0.1) is 17.7 Å². The van der Waals surface area contributed by atoms with Crippen molar-refractivity contribution in [3.05, 3.63) is 107 Å². The van der Waals surface area contributed by atoms with E-state index in [-0.39, 0.29) is 23.6 Å². The van der Waals surface area contributed by atoms with Crippen molar-refractivity contribution in [2.24, 2.45) is 0 Å². The lowest BCUT2D eigenvalue weighted by atomic mass is 9.96. The first-order valence-electron chi connectivity index (χ1n) is 10.1. The van der Waals surface area contributed by atoms with Crippen LogP contribution < -0.4 is 0 Å². The molecule has 156 valence electrons. The minimum atomic E-state index is -0.309. The summed E-state index contributed by atoms with van der Waals surface area (Å²) in [7, 11) is 0. The van der Waals surface area contributed by atoms with Gasteiger partial charge in [0.25, 0.3) is 5.91 Å². The lowest BCUT2D eigenvalue weighted by molar-refractivity contribution is 0.0597. The molecular formula is C25H21F2N3O. The molecule has 4 nitrogen and oxygen atoms in total. The van der Waals surface area contributed by atoms with Crippen LogP contribution in [0, 0.1) is 23.0 Å². The highest BCUT2D eigenvalue weighted by Crippen LogP contribution is 2.30. The Hall–Kier alpha value is -3.56. The Morgan fingerprint density at radius 1 is 0.839 bits per heavy atom. The second kappa shape index (κ2) is 9.07. The minimum Gasteiger partial charge on any atom is -0.336 e. The maximum atomic E-state index is 13.5. The van der Waals surface area contributed by atoms with Gasteiger partial charge in [0.15, 0.2) is 0 Å². The van der Waals surface area contributed by atoms with Crippen LogP contribution in [0.3, 0.4) is 0 Å². The van der Waals surface area contributed by atoms with Crippen LogP contribution in [-0.4, -0.2) is 41.9 Å². The zero-order valence-corrected chi connectivity index (χ0v) is 16.8. The van der Waals surface area contributed by atoms with Crippen molar-refractivity contribution < 1.29 is 13.6 Å². The monoisotopic (exact) mass is 417 g/mol. The number of hydrogen-bond donors (Lipinski definition) is 0. The van der Waals surface area contributed by atoms with E-state index in [1.54, 1.807) is 53.4 Å². The second-order valence-corrected chi connectivity index (χ2v) is 7.53. The Morgan fingerprint density at radius 3 is 1.90 bits per heavy atom. The van der Waals surface area contributed by atoms with Gasteiger partial charge in [-0.3, -0.25) is 9.69 Å². The van der Waals surface area contributed by atoms with Crippen LogP contribution in [0.2, 0.25) is 0 Å². The van der Waals surface area contributed by atoms with Gasteiger partial charge in [-0.1, -0.05) is 30.3 Å². The number of nitriles is 1. The van der Waals surface area contributed by atoms with Crippen molar-refractivity contribution >= 4 is 5.91 Å². The van der Waals surface area contributed by atoms with Crippen molar-refractivity contribution in [1.82, 2.24) is 9.80 Å². The highest BCUT2D eigenvalue weighted by molar-refractivity contribution is 5.94. The quantitative estimate of drug-likeness (QED) is 0.633. The third kappa shape index (κ3) is 4.62. The molecule has 1 amide bonds. The zero-order valence-electron chi connectivity index (χ0n) is 16.8. The van der Waals surface area contributed by atoms with Crippen molar-refractivity contribution in [3.63, 3.8) is 0 Å². The molecular weight excluding hydrogens is 396 g/mol. The number of rotatable bonds is 4. The molecule has 0 spiro atoms. The molecule has 6 heteroatoms. The summed E-state index contributed by atoms with van der Waals surface area (Å²) in [6.45, 7) is 2.27. The number of carbonyl (C=O) groups is 1. The number of amides is 1. The van der Waals surface area contributed by atoms with Crippen molar-refractivity contribution in [3.8, 4) is 6.07 Å². The predicted octanol–water partition coefficient (Wildman–Crippen LogP) is 4.38. The summed E-state index contributed by atoms with van der Waals surface area (Å²) in [6.07, 6.45) is 0. The highest BCUT2D eigenvalue weighted by atomic mass is 19.1. The number of hydrogen-bond acceptors (Lipinski definition) is 3. The first kappa shape index (κ1) is 20.7. The van der Waals surface area contributed by atoms with E-state index in [0.717, 1.165) is 11.1 Å². The fourth-order valence-electron chi connectivity index (χ4n) is 3.99. The van der Waals surface area contributed by atoms with E-state index >= 15 is 0 Å². The third-order valence-electron chi connectivity index (χ3n) is 5.58. The predicted molar refractivity (Wildman–Crippen MR) is 113 cm³/mol. The molecule has 0 radical (unpaired) electrons. The van der Waals surface area contributed by atoms with E-state index in [4.69, 9.17) is 5.26 Å². The molecule has 0 bridgehead atoms. The van der Waals surface area contributed by atoms with Gasteiger partial charge in [-0.25, -0.2) is 8.78 Å². The SMILES string of the molecule is N#Cc1cccc(C(=O)N2CCN(C(c3ccc(F)cc3)c3ccc(F)cc3)CC2)c1. The Bertz CT molecular complexity index is 1050. The molecule has 4 rings (SSSR count). The van der Waals surface area contributed by atoms with E-state index in [1.165, 1.54) is 24.3 Å². The molecule has 31 heavy (non-hydrogen) atoms. The summed E-state index contributed by atoms with van der Waals surface area (Å²) in [5, 5.41) is 9.07. The molecule has 3 aromatic rings. The molecule has 0 saturated carbocycles. The number of carbonyl (C=O) groups excluding carboxylic acids is 1. The van der Waals surface area contributed by atoms with Crippen LogP contribution >= 0.6 is 0 Å². The summed E-state index contributed by atoms with van der Waals surface area (Å²) < 4.78 is 27.0. The molecule has 3 aromatic carbocycles. The molecule has 0 aromatic heterocycles. The molecule has 1 heterocycles. The lowest BCUT2D eigenvalue weighted by Gasteiger charge is -2.39. The van der Waals surface area contributed by atoms with Gasteiger partial charge in [0, 0.05) is 31.7 Å². The second-order valence-electron chi connectivity index (χ2n) is 7.53. The van der Waals surface area contributed by atoms with Gasteiger partial charge in [-0.2, -0.15) is 5.26 Å². The summed E-state index contributed by atoms with van der Waals surface area (Å²) in [6, 6.07) is 21.3. The fourth-order valence-corrected chi connectivity index (χ4v) is 3.99. The molecule has 0 aliphatic carbocycles. The zero-order chi connectivity index (χ0) is 21.8. The van der Waals surface area contributed by atoms with Gasteiger partial charge < -0.3 is 4.90 Å². The Morgan fingerprint density at radius 2 is 1.39 bits per heavy atom. The van der Waals surface area contributed by atoms with E-state index in [1.807, 2.05) is 0 Å². The summed E-state index contributed by atoms with van der Waals surface area (Å²) >= 11 is 0. The molecule has 1 saturated heterocycles. The molecule has 1 fully saturated rings. The van der Waals surface area contributed by atoms with Crippen molar-refractivity contribution in [1.29, 1.82) is 5.26 Å². The maximum absolute atomic E-state index is 13.5. The van der Waals surface area contributed by atoms with Crippen LogP contribution in [0.15, 0.2) is 72.8 Å². The fraction of sp³-hybridized carbons (Fsp3) is 0.200. The minimum absolute atomic E-state index is 0.100. The summed E-state index contributed by atoms with van der Waals surface area (Å²) in [4.78, 5) is 16.9. The topological polar surface area (TPSA) is 47.3 Å². The Balaban J connectivity index is 1.53. The number of benzene rings is 3. The van der Waals surface area contributed by atoms with Crippen LogP contribution in [0.4, 0.5) is 8.78 Å². The van der Waals surface area contributed by atoms with E-state index < -0.39 is 0 Å². The van der Waals surface area contributed by atoms with Crippen molar-refractivity contribution in [2.45, 2.75) is 6.04 Å². The summed E-state index contributed by atoms with van der Waals surface area (Å²) in [5.74, 6) is -0.717. The number of halogens is 2. The highest BCUT2D eigenvalue weighted by Gasteiger charge is 2.28. The molecule has 0 atom stereocenters. The molecule has 0 unspecified atom stereocenters. The third-order valence-corrected chi connectivity index (χ3v) is 5.58. The van der Waals surface area contributed by atoms with Gasteiger partial charge in [0.2, 0.25) is 0 Å². The molecule has 0 N–H and O–H groups in total. The van der Waals surface area contributed by atoms with E-state index in [9.17, 15) is 13.6 Å². The Kier molecular flexibility index (Phi) is 6.06. The standard InChI is InChI=1S/C25H21F2N3O/c26-22-8-4-19(5-9-22)24(20-6-10-23(27)11-7-20)29-12-14-30(15-13-29)25(31)21-3-1-2-18(16-21)17-28/h1-11,16,24H,12-15H2. The maximum Gasteiger partial charge on any atom is 0.253 e. The van der Waals surface area contributed by atoms with Crippen LogP contribution in [0.25, 0.3) is 0 Å². The smallest absolute Gasteiger partial charge is 0.253 e. The van der Waals surface area contributed by atoms with Gasteiger partial charge in [-0.15, -0.1) is 0 Å². The van der Waals surface area contributed by atoms with Crippen LogP contribution in [-0.2, 0) is 0 Å². The van der Waals surface area contributed by atoms with Gasteiger partial charge in [0.1, 0.15) is 11.6 Å². The van der Waals surface area contributed by atoms with E-state index in [0.29, 0.717) is 37.3 Å². The lowest BCUT2D eigenvalue weighted by Crippen LogP contribution is -2.49. The molecule has 1 aliphatic heterocycles. The van der Waals surface area contributed by atoms with Gasteiger partial charge >= 0.3 is 0 Å². The largest absolute Gasteiger partial charge is 0.336 e. The number of nitrogens with zero attached hydrogens (tertiary/aromatic N) is 3. The average Bonchev–Trinajstić information content (AvgIpc) is 2.82. The summed E-state index contributed by atoms with van der Waals surface area (Å²) in [5.41, 5.74) is 2.78. The number of piperazine rings is 1. The van der Waals surface area contributed by atoms with Crippen molar-refractivity contribution in [2.75, 3.05) is 26.2 Å². The Labute approximate surface area is 179 Å². The van der Waals surface area contributed by atoms with Crippen LogP contribution in [0.1, 0.15) is 33.1 Å².